The molecule has 2 aromatic rings. The van der Waals surface area contributed by atoms with E-state index in [4.69, 9.17) is 0 Å². The third-order valence-electron chi connectivity index (χ3n) is 2.36. The fourth-order valence-corrected chi connectivity index (χ4v) is 1.45. The van der Waals surface area contributed by atoms with Crippen LogP contribution in [0.5, 0.6) is 0 Å². The molecule has 3 N–H and O–H groups in total. The summed E-state index contributed by atoms with van der Waals surface area (Å²) in [6.45, 7) is 1.97. The van der Waals surface area contributed by atoms with Crippen LogP contribution in [0.3, 0.4) is 0 Å². The molecule has 2 rings (SSSR count). The zero-order valence-electron chi connectivity index (χ0n) is 8.32. The quantitative estimate of drug-likeness (QED) is 0.685. The molecule has 1 unspecified atom stereocenters. The van der Waals surface area contributed by atoms with Crippen LogP contribution < -0.4 is 5.56 Å². The summed E-state index contributed by atoms with van der Waals surface area (Å²) < 4.78 is 0. The maximum Gasteiger partial charge on any atom is 0.270 e. The van der Waals surface area contributed by atoms with Crippen LogP contribution in [0, 0.1) is 6.92 Å². The van der Waals surface area contributed by atoms with Gasteiger partial charge in [-0.2, -0.15) is 0 Å². The van der Waals surface area contributed by atoms with E-state index in [1.54, 1.807) is 0 Å². The first-order chi connectivity index (χ1) is 7.18. The van der Waals surface area contributed by atoms with E-state index in [2.05, 4.69) is 10.2 Å². The molecular formula is C11H12N2O2. The van der Waals surface area contributed by atoms with Crippen LogP contribution in [0.4, 0.5) is 0 Å². The number of benzene rings is 1. The van der Waals surface area contributed by atoms with Gasteiger partial charge in [0.2, 0.25) is 0 Å². The van der Waals surface area contributed by atoms with Gasteiger partial charge in [-0.15, -0.1) is 0 Å². The second kappa shape index (κ2) is 3.74. The first-order valence-corrected chi connectivity index (χ1v) is 4.69. The third-order valence-corrected chi connectivity index (χ3v) is 2.36. The lowest BCUT2D eigenvalue weighted by Gasteiger charge is -2.07. The molecule has 0 fully saturated rings. The Morgan fingerprint density at radius 2 is 1.93 bits per heavy atom. The minimum absolute atomic E-state index is 0.289. The van der Waals surface area contributed by atoms with E-state index in [9.17, 15) is 9.90 Å². The summed E-state index contributed by atoms with van der Waals surface area (Å²) in [5.41, 5.74) is 1.88. The Labute approximate surface area is 86.6 Å². The zero-order valence-corrected chi connectivity index (χ0v) is 8.32. The molecule has 1 heterocycles. The summed E-state index contributed by atoms with van der Waals surface area (Å²) in [5.74, 6) is 0. The predicted molar refractivity (Wildman–Crippen MR) is 56.7 cm³/mol. The van der Waals surface area contributed by atoms with Gasteiger partial charge in [-0.25, -0.2) is 0 Å². The lowest BCUT2D eigenvalue weighted by Crippen LogP contribution is -2.11. The Bertz CT molecular complexity index is 496. The monoisotopic (exact) mass is 204 g/mol. The number of hydrogen-bond acceptors (Lipinski definition) is 2. The van der Waals surface area contributed by atoms with Crippen LogP contribution in [-0.4, -0.2) is 15.3 Å². The molecule has 4 nitrogen and oxygen atoms in total. The number of aromatic nitrogens is 2. The Balaban J connectivity index is 2.36. The molecule has 4 heteroatoms. The van der Waals surface area contributed by atoms with E-state index in [0.717, 1.165) is 5.56 Å². The largest absolute Gasteiger partial charge is 0.383 e. The van der Waals surface area contributed by atoms with Gasteiger partial charge < -0.3 is 10.2 Å². The van der Waals surface area contributed by atoms with Crippen molar-refractivity contribution in [2.45, 2.75) is 13.0 Å². The molecule has 0 spiro atoms. The summed E-state index contributed by atoms with van der Waals surface area (Å²) in [6.07, 6.45) is 0.605. The Kier molecular flexibility index (Phi) is 2.43. The summed E-state index contributed by atoms with van der Waals surface area (Å²) in [5, 5.41) is 14.9. The van der Waals surface area contributed by atoms with Gasteiger partial charge in [-0.05, 0) is 12.5 Å². The molecule has 15 heavy (non-hydrogen) atoms. The lowest BCUT2D eigenvalue weighted by molar-refractivity contribution is 0.219. The molecule has 0 aliphatic carbocycles. The maximum atomic E-state index is 11.3. The van der Waals surface area contributed by atoms with E-state index >= 15 is 0 Å². The predicted octanol–water partition coefficient (Wildman–Crippen LogP) is 1.09. The molecule has 1 atom stereocenters. The average molecular weight is 204 g/mol. The molecule has 0 aliphatic rings. The molecule has 0 saturated carbocycles. The molecule has 0 bridgehead atoms. The van der Waals surface area contributed by atoms with Crippen molar-refractivity contribution in [1.29, 1.82) is 0 Å². The summed E-state index contributed by atoms with van der Waals surface area (Å²) in [4.78, 5) is 11.3. The van der Waals surface area contributed by atoms with Crippen LogP contribution >= 0.6 is 0 Å². The van der Waals surface area contributed by atoms with Crippen LogP contribution in [0.15, 0.2) is 35.3 Å². The number of rotatable bonds is 2. The van der Waals surface area contributed by atoms with Crippen molar-refractivity contribution in [3.8, 4) is 0 Å². The van der Waals surface area contributed by atoms with Gasteiger partial charge >= 0.3 is 0 Å². The van der Waals surface area contributed by atoms with E-state index < -0.39 is 6.10 Å². The number of aliphatic hydroxyl groups is 1. The van der Waals surface area contributed by atoms with Gasteiger partial charge in [0.15, 0.2) is 0 Å². The second-order valence-corrected chi connectivity index (χ2v) is 3.51. The van der Waals surface area contributed by atoms with E-state index in [0.29, 0.717) is 11.1 Å². The lowest BCUT2D eigenvalue weighted by atomic mass is 10.0. The normalized spacial score (nSPS) is 12.7. The summed E-state index contributed by atoms with van der Waals surface area (Å²) in [6, 6.07) is 7.43. The second-order valence-electron chi connectivity index (χ2n) is 3.51. The maximum absolute atomic E-state index is 11.3. The number of hydrogen-bond donors (Lipinski definition) is 3. The van der Waals surface area contributed by atoms with Gasteiger partial charge in [0.05, 0.1) is 5.56 Å². The van der Waals surface area contributed by atoms with Gasteiger partial charge in [0.25, 0.3) is 5.56 Å². The Morgan fingerprint density at radius 1 is 1.27 bits per heavy atom. The average Bonchev–Trinajstić information content (AvgIpc) is 2.65. The minimum Gasteiger partial charge on any atom is -0.383 e. The molecular weight excluding hydrogens is 192 g/mol. The Hall–Kier alpha value is -1.81. The highest BCUT2D eigenvalue weighted by Gasteiger charge is 2.14. The van der Waals surface area contributed by atoms with E-state index in [-0.39, 0.29) is 5.56 Å². The van der Waals surface area contributed by atoms with Crippen molar-refractivity contribution in [3.05, 3.63) is 57.5 Å². The molecule has 1 aromatic heterocycles. The molecule has 0 radical (unpaired) electrons. The highest BCUT2D eigenvalue weighted by molar-refractivity contribution is 5.29. The standard InChI is InChI=1S/C11H12N2O2/c1-7-2-4-8(5-3-7)10(14)9-6-12-13-11(9)15/h2-6,10,14H,1H3,(H2,12,13,15). The SMILES string of the molecule is Cc1ccc(C(O)c2c[nH][nH]c2=O)cc1. The smallest absolute Gasteiger partial charge is 0.270 e. The van der Waals surface area contributed by atoms with Crippen molar-refractivity contribution >= 4 is 0 Å². The van der Waals surface area contributed by atoms with Crippen LogP contribution in [0.1, 0.15) is 22.8 Å². The number of aromatic amines is 2. The van der Waals surface area contributed by atoms with E-state index in [1.165, 1.54) is 6.20 Å². The van der Waals surface area contributed by atoms with Crippen molar-refractivity contribution < 1.29 is 5.11 Å². The minimum atomic E-state index is -0.874. The number of H-pyrrole nitrogens is 2. The van der Waals surface area contributed by atoms with Gasteiger partial charge in [0.1, 0.15) is 6.10 Å². The topological polar surface area (TPSA) is 68.9 Å². The molecule has 1 aromatic carbocycles. The Morgan fingerprint density at radius 3 is 2.47 bits per heavy atom. The van der Waals surface area contributed by atoms with Crippen LogP contribution in [0.2, 0.25) is 0 Å². The molecule has 78 valence electrons. The first-order valence-electron chi connectivity index (χ1n) is 4.69. The van der Waals surface area contributed by atoms with Crippen molar-refractivity contribution in [1.82, 2.24) is 10.2 Å². The van der Waals surface area contributed by atoms with Crippen molar-refractivity contribution in [2.75, 3.05) is 0 Å². The number of nitrogens with one attached hydrogen (secondary N) is 2. The van der Waals surface area contributed by atoms with Crippen LogP contribution in [0.25, 0.3) is 0 Å². The summed E-state index contributed by atoms with van der Waals surface area (Å²) >= 11 is 0. The number of aryl methyl sites for hydroxylation is 1. The summed E-state index contributed by atoms with van der Waals surface area (Å²) in [7, 11) is 0. The van der Waals surface area contributed by atoms with Gasteiger partial charge in [-0.3, -0.25) is 9.89 Å². The molecule has 0 aliphatic heterocycles. The van der Waals surface area contributed by atoms with Gasteiger partial charge in [0, 0.05) is 6.20 Å². The first kappa shape index (κ1) is 9.73. The highest BCUT2D eigenvalue weighted by atomic mass is 16.3. The van der Waals surface area contributed by atoms with Gasteiger partial charge in [-0.1, -0.05) is 29.8 Å². The molecule has 0 saturated heterocycles. The number of aliphatic hydroxyl groups excluding tert-OH is 1. The van der Waals surface area contributed by atoms with Crippen LogP contribution in [-0.2, 0) is 0 Å². The third kappa shape index (κ3) is 1.85. The van der Waals surface area contributed by atoms with E-state index in [1.807, 2.05) is 31.2 Å². The fourth-order valence-electron chi connectivity index (χ4n) is 1.45. The van der Waals surface area contributed by atoms with Crippen molar-refractivity contribution in [2.24, 2.45) is 0 Å². The fraction of sp³-hybridized carbons (Fsp3) is 0.182. The highest BCUT2D eigenvalue weighted by Crippen LogP contribution is 2.18. The zero-order chi connectivity index (χ0) is 10.8. The molecule has 0 amide bonds. The van der Waals surface area contributed by atoms with Crippen molar-refractivity contribution in [3.63, 3.8) is 0 Å².